The third kappa shape index (κ3) is 5.46. The fourth-order valence-electron chi connectivity index (χ4n) is 3.58. The molecule has 2 atom stereocenters. The first-order valence-electron chi connectivity index (χ1n) is 9.08. The smallest absolute Gasteiger partial charge is 0.355 e. The van der Waals surface area contributed by atoms with Gasteiger partial charge in [-0.25, -0.2) is 14.0 Å². The van der Waals surface area contributed by atoms with E-state index in [1.807, 2.05) is 12.1 Å². The molecule has 2 unspecified atom stereocenters. The zero-order valence-electron chi connectivity index (χ0n) is 15.2. The average molecular weight is 423 g/mol. The minimum Gasteiger partial charge on any atom is -0.476 e. The Morgan fingerprint density at radius 3 is 2.50 bits per heavy atom. The fraction of sp³-hybridized carbons (Fsp3) is 0.421. The molecule has 9 heteroatoms. The molecule has 150 valence electrons. The summed E-state index contributed by atoms with van der Waals surface area (Å²) in [5.41, 5.74) is 1.48. The summed E-state index contributed by atoms with van der Waals surface area (Å²) in [4.78, 5) is 27.9. The molecular weight excluding hydrogens is 400 g/mol. The van der Waals surface area contributed by atoms with Gasteiger partial charge in [-0.3, -0.25) is 4.79 Å². The molecule has 0 radical (unpaired) electrons. The van der Waals surface area contributed by atoms with Gasteiger partial charge in [-0.05, 0) is 23.5 Å². The van der Waals surface area contributed by atoms with Crippen molar-refractivity contribution in [1.29, 1.82) is 0 Å². The van der Waals surface area contributed by atoms with E-state index in [-0.39, 0.29) is 28.4 Å². The number of thiazole rings is 1. The first kappa shape index (κ1) is 20.6. The van der Waals surface area contributed by atoms with Gasteiger partial charge < -0.3 is 15.0 Å². The van der Waals surface area contributed by atoms with E-state index < -0.39 is 17.0 Å². The summed E-state index contributed by atoms with van der Waals surface area (Å²) in [7, 11) is 0. The van der Waals surface area contributed by atoms with Crippen molar-refractivity contribution in [3.63, 3.8) is 0 Å². The third-order valence-corrected chi connectivity index (χ3v) is 6.32. The number of benzene rings is 1. The highest BCUT2D eigenvalue weighted by molar-refractivity contribution is 7.78. The van der Waals surface area contributed by atoms with Crippen LogP contribution < -0.4 is 5.32 Å². The molecule has 1 aromatic heterocycles. The summed E-state index contributed by atoms with van der Waals surface area (Å²) in [6, 6.07) is 7.19. The molecule has 1 amide bonds. The van der Waals surface area contributed by atoms with Gasteiger partial charge in [0.1, 0.15) is 0 Å². The van der Waals surface area contributed by atoms with Crippen molar-refractivity contribution in [1.82, 2.24) is 4.98 Å². The summed E-state index contributed by atoms with van der Waals surface area (Å²) in [6.07, 6.45) is 5.27. The minimum atomic E-state index is -1.91. The van der Waals surface area contributed by atoms with Crippen LogP contribution in [0.3, 0.4) is 0 Å². The minimum absolute atomic E-state index is 0.0524. The van der Waals surface area contributed by atoms with Gasteiger partial charge in [0.2, 0.25) is 5.91 Å². The quantitative estimate of drug-likeness (QED) is 0.556. The topological polar surface area (TPSA) is 117 Å². The summed E-state index contributed by atoms with van der Waals surface area (Å²) in [5.74, 6) is -1.19. The summed E-state index contributed by atoms with van der Waals surface area (Å²) < 4.78 is 20.0. The third-order valence-electron chi connectivity index (χ3n) is 4.99. The van der Waals surface area contributed by atoms with Crippen LogP contribution in [0.2, 0.25) is 0 Å². The van der Waals surface area contributed by atoms with E-state index in [2.05, 4.69) is 10.3 Å². The van der Waals surface area contributed by atoms with E-state index >= 15 is 0 Å². The van der Waals surface area contributed by atoms with Crippen molar-refractivity contribution in [2.24, 2.45) is 5.92 Å². The Balaban J connectivity index is 1.77. The van der Waals surface area contributed by atoms with Gasteiger partial charge in [0.05, 0.1) is 11.7 Å². The summed E-state index contributed by atoms with van der Waals surface area (Å²) in [6.45, 7) is 0. The molecule has 1 aliphatic carbocycles. The number of amides is 1. The Bertz CT molecular complexity index is 859. The van der Waals surface area contributed by atoms with Gasteiger partial charge >= 0.3 is 5.97 Å². The van der Waals surface area contributed by atoms with E-state index in [4.69, 9.17) is 9.66 Å². The molecule has 3 rings (SSSR count). The van der Waals surface area contributed by atoms with Crippen molar-refractivity contribution in [2.45, 2.75) is 43.8 Å². The molecule has 3 N–H and O–H groups in total. The Hall–Kier alpha value is -2.10. The number of nitrogens with zero attached hydrogens (tertiary/aromatic N) is 1. The van der Waals surface area contributed by atoms with Crippen molar-refractivity contribution in [2.75, 3.05) is 5.32 Å². The second-order valence-electron chi connectivity index (χ2n) is 6.98. The maximum atomic E-state index is 13.0. The lowest BCUT2D eigenvalue weighted by Gasteiger charge is -2.20. The predicted molar refractivity (Wildman–Crippen MR) is 108 cm³/mol. The Kier molecular flexibility index (Phi) is 6.93. The van der Waals surface area contributed by atoms with Gasteiger partial charge in [-0.2, -0.15) is 0 Å². The van der Waals surface area contributed by atoms with Crippen LogP contribution in [-0.4, -0.2) is 30.7 Å². The molecule has 7 nitrogen and oxygen atoms in total. The molecule has 0 saturated heterocycles. The molecule has 1 heterocycles. The Morgan fingerprint density at radius 1 is 1.25 bits per heavy atom. The first-order chi connectivity index (χ1) is 13.4. The Morgan fingerprint density at radius 2 is 1.93 bits per heavy atom. The molecule has 0 bridgehead atoms. The number of anilines is 1. The van der Waals surface area contributed by atoms with E-state index in [0.717, 1.165) is 35.3 Å². The van der Waals surface area contributed by atoms with Crippen molar-refractivity contribution < 1.29 is 23.5 Å². The second kappa shape index (κ2) is 9.40. The van der Waals surface area contributed by atoms with Gasteiger partial charge in [-0.1, -0.05) is 49.9 Å². The monoisotopic (exact) mass is 422 g/mol. The van der Waals surface area contributed by atoms with Crippen LogP contribution in [-0.2, 0) is 21.6 Å². The number of hydrogen-bond acceptors (Lipinski definition) is 5. The van der Waals surface area contributed by atoms with Gasteiger partial charge in [0.15, 0.2) is 21.9 Å². The highest BCUT2D eigenvalue weighted by Gasteiger charge is 2.27. The maximum Gasteiger partial charge on any atom is 0.355 e. The Labute approximate surface area is 169 Å². The van der Waals surface area contributed by atoms with E-state index in [0.29, 0.717) is 12.3 Å². The summed E-state index contributed by atoms with van der Waals surface area (Å²) >= 11 is -0.823. The number of nitrogens with one attached hydrogen (secondary N) is 1. The molecule has 1 aliphatic rings. The maximum absolute atomic E-state index is 13.0. The molecule has 0 aliphatic heterocycles. The molecule has 1 saturated carbocycles. The number of hydrogen-bond donors (Lipinski definition) is 3. The van der Waals surface area contributed by atoms with Crippen LogP contribution in [0.25, 0.3) is 0 Å². The zero-order valence-corrected chi connectivity index (χ0v) is 16.8. The molecule has 1 aromatic carbocycles. The molecular formula is C19H22N2O5S2. The van der Waals surface area contributed by atoms with Crippen LogP contribution in [0.15, 0.2) is 29.6 Å². The van der Waals surface area contributed by atoms with Gasteiger partial charge in [0, 0.05) is 5.38 Å². The average Bonchev–Trinajstić information content (AvgIpc) is 3.32. The second-order valence-corrected chi connectivity index (χ2v) is 8.77. The van der Waals surface area contributed by atoms with Crippen LogP contribution in [0.1, 0.15) is 59.6 Å². The molecule has 28 heavy (non-hydrogen) atoms. The number of aromatic carboxylic acids is 1. The number of carboxylic acid groups (broad SMARTS) is 1. The van der Waals surface area contributed by atoms with Crippen LogP contribution >= 0.6 is 11.3 Å². The normalized spacial score (nSPS) is 16.6. The van der Waals surface area contributed by atoms with Crippen LogP contribution in [0.5, 0.6) is 0 Å². The van der Waals surface area contributed by atoms with Gasteiger partial charge in [-0.15, -0.1) is 11.3 Å². The standard InChI is InChI=1S/C19H22N2O5S2/c22-17(21-19-20-16(10-27-19)18(23)24)15(9-12-3-1-2-4-12)14-7-5-13(6-8-14)11-28(25)26/h5-8,10,12,15H,1-4,9,11H2,(H,23,24)(H,25,26)(H,20,21,22). The van der Waals surface area contributed by atoms with E-state index in [9.17, 15) is 13.8 Å². The first-order valence-corrected chi connectivity index (χ1v) is 11.2. The largest absolute Gasteiger partial charge is 0.476 e. The van der Waals surface area contributed by atoms with Crippen LogP contribution in [0.4, 0.5) is 5.13 Å². The van der Waals surface area contributed by atoms with Crippen molar-refractivity contribution >= 4 is 39.4 Å². The number of carbonyl (C=O) groups is 2. The highest BCUT2D eigenvalue weighted by atomic mass is 32.2. The molecule has 0 spiro atoms. The SMILES string of the molecule is O=C(O)c1csc(NC(=O)C(CC2CCCC2)c2ccc(CS(=O)O)cc2)n1. The number of rotatable bonds is 8. The zero-order chi connectivity index (χ0) is 20.1. The number of carboxylic acids is 1. The molecule has 2 aromatic rings. The van der Waals surface area contributed by atoms with E-state index in [1.165, 1.54) is 18.2 Å². The number of aromatic nitrogens is 1. The lowest BCUT2D eigenvalue weighted by molar-refractivity contribution is -0.118. The lowest BCUT2D eigenvalue weighted by Crippen LogP contribution is -2.23. The molecule has 1 fully saturated rings. The number of carbonyl (C=O) groups excluding carboxylic acids is 1. The van der Waals surface area contributed by atoms with Crippen molar-refractivity contribution in [3.8, 4) is 0 Å². The highest BCUT2D eigenvalue weighted by Crippen LogP contribution is 2.35. The van der Waals surface area contributed by atoms with E-state index in [1.54, 1.807) is 12.1 Å². The van der Waals surface area contributed by atoms with Crippen LogP contribution in [0, 0.1) is 5.92 Å². The lowest BCUT2D eigenvalue weighted by atomic mass is 9.87. The van der Waals surface area contributed by atoms with Crippen molar-refractivity contribution in [3.05, 3.63) is 46.5 Å². The fourth-order valence-corrected chi connectivity index (χ4v) is 4.75. The predicted octanol–water partition coefficient (Wildman–Crippen LogP) is 3.87. The van der Waals surface area contributed by atoms with Gasteiger partial charge in [0.25, 0.3) is 0 Å². The summed E-state index contributed by atoms with van der Waals surface area (Å²) in [5, 5.41) is 13.4.